The molecule has 0 atom stereocenters. The molecule has 0 bridgehead atoms. The molecule has 0 spiro atoms. The Kier molecular flexibility index (Phi) is 4.54. The van der Waals surface area contributed by atoms with Gasteiger partial charge in [0, 0.05) is 0 Å². The van der Waals surface area contributed by atoms with E-state index in [2.05, 4.69) is 43.5 Å². The third-order valence-electron chi connectivity index (χ3n) is 2.13. The zero-order valence-electron chi connectivity index (χ0n) is 10.5. The van der Waals surface area contributed by atoms with Crippen molar-refractivity contribution in [3.8, 4) is 0 Å². The molecule has 0 saturated carbocycles. The highest BCUT2D eigenvalue weighted by Crippen LogP contribution is 2.19. The molecule has 5 heteroatoms. The van der Waals surface area contributed by atoms with Crippen molar-refractivity contribution >= 4 is 22.4 Å². The van der Waals surface area contributed by atoms with Gasteiger partial charge in [-0.15, -0.1) is 0 Å². The number of nitrogens with zero attached hydrogens (tertiary/aromatic N) is 1. The van der Waals surface area contributed by atoms with Crippen LogP contribution < -0.4 is 0 Å². The van der Waals surface area contributed by atoms with Crippen molar-refractivity contribution in [3.05, 3.63) is 0 Å². The van der Waals surface area contributed by atoms with Gasteiger partial charge in [-0.1, -0.05) is 39.3 Å². The van der Waals surface area contributed by atoms with Crippen LogP contribution in [0.2, 0.25) is 39.3 Å². The first-order valence-electron chi connectivity index (χ1n) is 4.93. The summed E-state index contributed by atoms with van der Waals surface area (Å²) < 4.78 is 7.14. The molecule has 0 fully saturated rings. The van der Waals surface area contributed by atoms with Gasteiger partial charge in [0.2, 0.25) is 0 Å². The predicted octanol–water partition coefficient (Wildman–Crippen LogP) is 2.13. The fourth-order valence-electron chi connectivity index (χ4n) is 1.67. The average molecular weight is 233 g/mol. The van der Waals surface area contributed by atoms with Crippen molar-refractivity contribution < 1.29 is 9.53 Å². The van der Waals surface area contributed by atoms with Gasteiger partial charge < -0.3 is 8.97 Å². The SMILES string of the molecule is COC(=O)CN([Si](C)(C)C)[Si](C)(C)C. The van der Waals surface area contributed by atoms with Gasteiger partial charge >= 0.3 is 5.97 Å². The third kappa shape index (κ3) is 4.39. The number of carbonyl (C=O) groups is 1. The van der Waals surface area contributed by atoms with E-state index in [1.165, 1.54) is 7.11 Å². The largest absolute Gasteiger partial charge is 0.468 e. The monoisotopic (exact) mass is 233 g/mol. The van der Waals surface area contributed by atoms with Crippen LogP contribution in [0.5, 0.6) is 0 Å². The van der Waals surface area contributed by atoms with Crippen molar-refractivity contribution in [1.82, 2.24) is 4.23 Å². The Labute approximate surface area is 89.6 Å². The highest BCUT2D eigenvalue weighted by atomic mass is 28.4. The summed E-state index contributed by atoms with van der Waals surface area (Å²) in [5, 5.41) is 0. The lowest BCUT2D eigenvalue weighted by Gasteiger charge is -2.42. The fourth-order valence-corrected chi connectivity index (χ4v) is 10.9. The summed E-state index contributed by atoms with van der Waals surface area (Å²) in [6.07, 6.45) is 0. The van der Waals surface area contributed by atoms with Gasteiger partial charge in [-0.3, -0.25) is 4.79 Å². The molecule has 0 aliphatic carbocycles. The summed E-state index contributed by atoms with van der Waals surface area (Å²) in [5.74, 6) is -0.116. The molecule has 0 aliphatic heterocycles. The minimum atomic E-state index is -1.41. The average Bonchev–Trinajstić information content (AvgIpc) is 1.95. The lowest BCUT2D eigenvalue weighted by molar-refractivity contribution is -0.140. The molecule has 0 saturated heterocycles. The predicted molar refractivity (Wildman–Crippen MR) is 65.4 cm³/mol. The zero-order valence-corrected chi connectivity index (χ0v) is 12.5. The number of methoxy groups -OCH3 is 1. The molecular formula is C9H23NO2Si2. The van der Waals surface area contributed by atoms with Crippen LogP contribution in [0.1, 0.15) is 0 Å². The number of hydrogen-bond donors (Lipinski definition) is 0. The number of ether oxygens (including phenoxy) is 1. The van der Waals surface area contributed by atoms with Gasteiger partial charge in [-0.25, -0.2) is 0 Å². The minimum Gasteiger partial charge on any atom is -0.468 e. The topological polar surface area (TPSA) is 29.5 Å². The molecule has 0 aromatic carbocycles. The van der Waals surface area contributed by atoms with Crippen LogP contribution in [-0.2, 0) is 9.53 Å². The first kappa shape index (κ1) is 13.9. The van der Waals surface area contributed by atoms with Crippen LogP contribution in [0, 0.1) is 0 Å². The summed E-state index contributed by atoms with van der Waals surface area (Å²) >= 11 is 0. The molecule has 84 valence electrons. The van der Waals surface area contributed by atoms with Crippen LogP contribution in [0.4, 0.5) is 0 Å². The minimum absolute atomic E-state index is 0.116. The van der Waals surface area contributed by atoms with E-state index in [0.29, 0.717) is 6.54 Å². The Morgan fingerprint density at radius 2 is 1.43 bits per heavy atom. The van der Waals surface area contributed by atoms with E-state index < -0.39 is 16.5 Å². The second-order valence-electron chi connectivity index (χ2n) is 5.50. The smallest absolute Gasteiger partial charge is 0.318 e. The molecule has 0 aromatic heterocycles. The van der Waals surface area contributed by atoms with Crippen LogP contribution in [0.25, 0.3) is 0 Å². The van der Waals surface area contributed by atoms with Gasteiger partial charge in [0.15, 0.2) is 0 Å². The van der Waals surface area contributed by atoms with Crippen LogP contribution in [-0.4, -0.2) is 40.3 Å². The van der Waals surface area contributed by atoms with Crippen LogP contribution in [0.3, 0.4) is 0 Å². The molecule has 0 aliphatic rings. The number of rotatable bonds is 4. The van der Waals surface area contributed by atoms with E-state index in [-0.39, 0.29) is 5.97 Å². The normalized spacial score (nSPS) is 13.1. The summed E-state index contributed by atoms with van der Waals surface area (Å²) in [6, 6.07) is 0. The highest BCUT2D eigenvalue weighted by Gasteiger charge is 2.35. The van der Waals surface area contributed by atoms with Gasteiger partial charge in [0.1, 0.15) is 16.5 Å². The Bertz CT molecular complexity index is 192. The Hall–Kier alpha value is -0.136. The molecule has 0 unspecified atom stereocenters. The summed E-state index contributed by atoms with van der Waals surface area (Å²) in [4.78, 5) is 11.3. The molecular weight excluding hydrogens is 210 g/mol. The zero-order chi connectivity index (χ0) is 11.6. The lowest BCUT2D eigenvalue weighted by Crippen LogP contribution is -2.60. The van der Waals surface area contributed by atoms with E-state index in [4.69, 9.17) is 4.74 Å². The molecule has 3 nitrogen and oxygen atoms in total. The van der Waals surface area contributed by atoms with E-state index in [9.17, 15) is 4.79 Å². The molecule has 0 amide bonds. The highest BCUT2D eigenvalue weighted by molar-refractivity contribution is 6.89. The van der Waals surface area contributed by atoms with Crippen molar-refractivity contribution in [3.63, 3.8) is 0 Å². The van der Waals surface area contributed by atoms with Crippen molar-refractivity contribution in [2.75, 3.05) is 13.7 Å². The van der Waals surface area contributed by atoms with Crippen molar-refractivity contribution in [1.29, 1.82) is 0 Å². The summed E-state index contributed by atoms with van der Waals surface area (Å²) in [6.45, 7) is 14.1. The second kappa shape index (κ2) is 4.59. The maximum atomic E-state index is 11.3. The standard InChI is InChI=1S/C9H23NO2Si2/c1-12-9(11)8-10(13(2,3)4)14(5,6)7/h8H2,1-7H3. The van der Waals surface area contributed by atoms with E-state index in [1.807, 2.05) is 0 Å². The quantitative estimate of drug-likeness (QED) is 0.550. The van der Waals surface area contributed by atoms with E-state index >= 15 is 0 Å². The third-order valence-corrected chi connectivity index (χ3v) is 9.71. The number of esters is 1. The maximum Gasteiger partial charge on any atom is 0.318 e. The van der Waals surface area contributed by atoms with Crippen molar-refractivity contribution in [2.24, 2.45) is 0 Å². The van der Waals surface area contributed by atoms with E-state index in [1.54, 1.807) is 0 Å². The molecule has 0 heterocycles. The van der Waals surface area contributed by atoms with Crippen LogP contribution in [0.15, 0.2) is 0 Å². The lowest BCUT2D eigenvalue weighted by atomic mass is 10.7. The van der Waals surface area contributed by atoms with Gasteiger partial charge in [-0.2, -0.15) is 0 Å². The molecule has 0 rings (SSSR count). The van der Waals surface area contributed by atoms with E-state index in [0.717, 1.165) is 0 Å². The summed E-state index contributed by atoms with van der Waals surface area (Å²) in [5.41, 5.74) is 0. The Morgan fingerprint density at radius 1 is 1.07 bits per heavy atom. The maximum absolute atomic E-state index is 11.3. The number of hydrogen-bond acceptors (Lipinski definition) is 3. The first-order valence-corrected chi connectivity index (χ1v) is 11.8. The number of carbonyl (C=O) groups excluding carboxylic acids is 1. The van der Waals surface area contributed by atoms with Crippen LogP contribution >= 0.6 is 0 Å². The summed E-state index contributed by atoms with van der Waals surface area (Å²) in [7, 11) is -1.36. The Balaban J connectivity index is 4.68. The van der Waals surface area contributed by atoms with Gasteiger partial charge in [-0.05, 0) is 0 Å². The van der Waals surface area contributed by atoms with Gasteiger partial charge in [0.25, 0.3) is 0 Å². The first-order chi connectivity index (χ1) is 6.09. The molecule has 0 N–H and O–H groups in total. The fraction of sp³-hybridized carbons (Fsp3) is 0.889. The van der Waals surface area contributed by atoms with Crippen molar-refractivity contribution in [2.45, 2.75) is 39.3 Å². The second-order valence-corrected chi connectivity index (χ2v) is 15.7. The molecule has 0 radical (unpaired) electrons. The Morgan fingerprint density at radius 3 is 1.64 bits per heavy atom. The molecule has 0 aromatic rings. The van der Waals surface area contributed by atoms with Gasteiger partial charge in [0.05, 0.1) is 13.7 Å². The molecule has 14 heavy (non-hydrogen) atoms.